The summed E-state index contributed by atoms with van der Waals surface area (Å²) in [7, 11) is 0. The van der Waals surface area contributed by atoms with Crippen molar-refractivity contribution in [2.75, 3.05) is 6.61 Å². The molecule has 0 bridgehead atoms. The van der Waals surface area contributed by atoms with E-state index in [0.717, 1.165) is 18.6 Å². The van der Waals surface area contributed by atoms with Crippen LogP contribution >= 0.6 is 0 Å². The molecule has 1 fully saturated rings. The number of hydrogen-bond acceptors (Lipinski definition) is 4. The molecule has 1 N–H and O–H groups in total. The first-order chi connectivity index (χ1) is 9.08. The number of aromatic hydroxyl groups is 1. The van der Waals surface area contributed by atoms with Gasteiger partial charge in [0.1, 0.15) is 17.3 Å². The van der Waals surface area contributed by atoms with Gasteiger partial charge in [-0.25, -0.2) is 4.39 Å². The van der Waals surface area contributed by atoms with Crippen molar-refractivity contribution < 1.29 is 23.8 Å². The van der Waals surface area contributed by atoms with E-state index in [2.05, 4.69) is 0 Å². The van der Waals surface area contributed by atoms with Gasteiger partial charge in [-0.05, 0) is 19.3 Å². The minimum atomic E-state index is -0.638. The Bertz CT molecular complexity index is 441. The highest BCUT2D eigenvalue weighted by Crippen LogP contribution is 2.26. The van der Waals surface area contributed by atoms with E-state index in [1.807, 2.05) is 6.92 Å². The van der Waals surface area contributed by atoms with Gasteiger partial charge in [0.2, 0.25) is 0 Å². The second-order valence-electron chi connectivity index (χ2n) is 4.69. The molecule has 5 heteroatoms. The highest BCUT2D eigenvalue weighted by molar-refractivity contribution is 5.75. The maximum atomic E-state index is 13.1. The fraction of sp³-hybridized carbons (Fsp3) is 0.500. The minimum Gasteiger partial charge on any atom is -0.508 e. The minimum absolute atomic E-state index is 0.0297. The molecule has 0 radical (unpaired) electrons. The molecule has 1 saturated heterocycles. The molecular formula is C14H17FO4. The molecular weight excluding hydrogens is 251 g/mol. The Balaban J connectivity index is 2.00. The SMILES string of the molecule is CCC1CC(C(=O)Oc2cc(O)cc(F)c2)CCO1. The maximum Gasteiger partial charge on any atom is 0.314 e. The number of hydrogen-bond donors (Lipinski definition) is 1. The molecule has 1 aromatic rings. The average Bonchev–Trinajstić information content (AvgIpc) is 2.37. The predicted molar refractivity (Wildman–Crippen MR) is 66.5 cm³/mol. The third kappa shape index (κ3) is 3.67. The van der Waals surface area contributed by atoms with Gasteiger partial charge < -0.3 is 14.6 Å². The van der Waals surface area contributed by atoms with Gasteiger partial charge in [0, 0.05) is 24.8 Å². The molecule has 19 heavy (non-hydrogen) atoms. The third-order valence-electron chi connectivity index (χ3n) is 3.23. The van der Waals surface area contributed by atoms with Crippen LogP contribution in [0.25, 0.3) is 0 Å². The summed E-state index contributed by atoms with van der Waals surface area (Å²) >= 11 is 0. The quantitative estimate of drug-likeness (QED) is 0.676. The average molecular weight is 268 g/mol. The van der Waals surface area contributed by atoms with Gasteiger partial charge in [0.05, 0.1) is 12.0 Å². The lowest BCUT2D eigenvalue weighted by atomic mass is 9.94. The molecule has 0 aliphatic carbocycles. The summed E-state index contributed by atoms with van der Waals surface area (Å²) in [5.41, 5.74) is 0. The number of halogens is 1. The smallest absolute Gasteiger partial charge is 0.314 e. The first-order valence-corrected chi connectivity index (χ1v) is 6.41. The summed E-state index contributed by atoms with van der Waals surface area (Å²) < 4.78 is 23.7. The second-order valence-corrected chi connectivity index (χ2v) is 4.69. The summed E-state index contributed by atoms with van der Waals surface area (Å²) in [4.78, 5) is 12.0. The molecule has 0 amide bonds. The number of ether oxygens (including phenoxy) is 2. The second kappa shape index (κ2) is 6.02. The normalized spacial score (nSPS) is 23.1. The van der Waals surface area contributed by atoms with Crippen molar-refractivity contribution in [3.63, 3.8) is 0 Å². The van der Waals surface area contributed by atoms with Crippen LogP contribution in [0.3, 0.4) is 0 Å². The van der Waals surface area contributed by atoms with E-state index < -0.39 is 11.8 Å². The molecule has 1 aliphatic heterocycles. The van der Waals surface area contributed by atoms with Gasteiger partial charge in [0.15, 0.2) is 0 Å². The first-order valence-electron chi connectivity index (χ1n) is 6.41. The summed E-state index contributed by atoms with van der Waals surface area (Å²) in [5.74, 6) is -1.50. The Morgan fingerprint density at radius 1 is 1.53 bits per heavy atom. The lowest BCUT2D eigenvalue weighted by Crippen LogP contribution is -2.32. The van der Waals surface area contributed by atoms with Crippen LogP contribution in [0.1, 0.15) is 26.2 Å². The van der Waals surface area contributed by atoms with Crippen molar-refractivity contribution in [1.82, 2.24) is 0 Å². The maximum absolute atomic E-state index is 13.1. The van der Waals surface area contributed by atoms with Crippen LogP contribution in [-0.2, 0) is 9.53 Å². The molecule has 1 aliphatic rings. The lowest BCUT2D eigenvalue weighted by Gasteiger charge is -2.27. The fourth-order valence-corrected chi connectivity index (χ4v) is 2.19. The van der Waals surface area contributed by atoms with Gasteiger partial charge >= 0.3 is 5.97 Å². The molecule has 0 spiro atoms. The van der Waals surface area contributed by atoms with Gasteiger partial charge in [-0.2, -0.15) is 0 Å². The van der Waals surface area contributed by atoms with E-state index in [1.165, 1.54) is 6.07 Å². The molecule has 1 aromatic carbocycles. The number of esters is 1. The van der Waals surface area contributed by atoms with Crippen LogP contribution in [0.2, 0.25) is 0 Å². The van der Waals surface area contributed by atoms with Crippen molar-refractivity contribution in [2.45, 2.75) is 32.3 Å². The van der Waals surface area contributed by atoms with Crippen LogP contribution < -0.4 is 4.74 Å². The predicted octanol–water partition coefficient (Wildman–Crippen LogP) is 2.64. The molecule has 2 rings (SSSR count). The molecule has 4 nitrogen and oxygen atoms in total. The summed E-state index contributed by atoms with van der Waals surface area (Å²) in [6.45, 7) is 2.54. The molecule has 104 valence electrons. The van der Waals surface area contributed by atoms with E-state index >= 15 is 0 Å². The number of phenolic OH excluding ortho intramolecular Hbond substituents is 1. The largest absolute Gasteiger partial charge is 0.508 e. The zero-order chi connectivity index (χ0) is 13.8. The van der Waals surface area contributed by atoms with Gasteiger partial charge in [0.25, 0.3) is 0 Å². The number of benzene rings is 1. The highest BCUT2D eigenvalue weighted by Gasteiger charge is 2.28. The van der Waals surface area contributed by atoms with E-state index in [0.29, 0.717) is 19.4 Å². The van der Waals surface area contributed by atoms with Crippen LogP contribution in [-0.4, -0.2) is 23.8 Å². The Labute approximate surface area is 111 Å². The van der Waals surface area contributed by atoms with Gasteiger partial charge in [-0.1, -0.05) is 6.92 Å². The highest BCUT2D eigenvalue weighted by atomic mass is 19.1. The number of rotatable bonds is 3. The molecule has 2 unspecified atom stereocenters. The van der Waals surface area contributed by atoms with Crippen LogP contribution in [0.4, 0.5) is 4.39 Å². The lowest BCUT2D eigenvalue weighted by molar-refractivity contribution is -0.144. The zero-order valence-corrected chi connectivity index (χ0v) is 10.8. The Kier molecular flexibility index (Phi) is 4.37. The molecule has 2 atom stereocenters. The zero-order valence-electron chi connectivity index (χ0n) is 10.8. The van der Waals surface area contributed by atoms with Crippen molar-refractivity contribution in [3.8, 4) is 11.5 Å². The van der Waals surface area contributed by atoms with Crippen molar-refractivity contribution in [1.29, 1.82) is 0 Å². The van der Waals surface area contributed by atoms with E-state index in [1.54, 1.807) is 0 Å². The fourth-order valence-electron chi connectivity index (χ4n) is 2.19. The van der Waals surface area contributed by atoms with Crippen molar-refractivity contribution >= 4 is 5.97 Å². The number of carbonyl (C=O) groups is 1. The van der Waals surface area contributed by atoms with Crippen LogP contribution in [0, 0.1) is 11.7 Å². The third-order valence-corrected chi connectivity index (χ3v) is 3.23. The van der Waals surface area contributed by atoms with E-state index in [4.69, 9.17) is 9.47 Å². The van der Waals surface area contributed by atoms with Crippen molar-refractivity contribution in [3.05, 3.63) is 24.0 Å². The monoisotopic (exact) mass is 268 g/mol. The first kappa shape index (κ1) is 13.8. The Hall–Kier alpha value is -1.62. The molecule has 0 saturated carbocycles. The van der Waals surface area contributed by atoms with Gasteiger partial charge in [-0.3, -0.25) is 4.79 Å². The standard InChI is InChI=1S/C14H17FO4/c1-2-12-5-9(3-4-18-12)14(17)19-13-7-10(15)6-11(16)8-13/h6-9,12,16H,2-5H2,1H3. The van der Waals surface area contributed by atoms with Crippen LogP contribution in [0.15, 0.2) is 18.2 Å². The van der Waals surface area contributed by atoms with Crippen molar-refractivity contribution in [2.24, 2.45) is 5.92 Å². The van der Waals surface area contributed by atoms with Crippen LogP contribution in [0.5, 0.6) is 11.5 Å². The van der Waals surface area contributed by atoms with E-state index in [-0.39, 0.29) is 23.5 Å². The molecule has 1 heterocycles. The van der Waals surface area contributed by atoms with E-state index in [9.17, 15) is 14.3 Å². The topological polar surface area (TPSA) is 55.8 Å². The Morgan fingerprint density at radius 2 is 2.32 bits per heavy atom. The summed E-state index contributed by atoms with van der Waals surface area (Å²) in [5, 5.41) is 9.25. The number of carbonyl (C=O) groups excluding carboxylic acids is 1. The number of phenols is 1. The van der Waals surface area contributed by atoms with Gasteiger partial charge in [-0.15, -0.1) is 0 Å². The molecule has 0 aromatic heterocycles. The summed E-state index contributed by atoms with van der Waals surface area (Å²) in [6, 6.07) is 3.25. The Morgan fingerprint density at radius 3 is 3.00 bits per heavy atom. The summed E-state index contributed by atoms with van der Waals surface area (Å²) in [6.07, 6.45) is 2.16.